The molecule has 2 heterocycles. The number of hydrogen-bond acceptors (Lipinski definition) is 3. The van der Waals surface area contributed by atoms with Gasteiger partial charge in [0.25, 0.3) is 0 Å². The zero-order chi connectivity index (χ0) is 19.4. The molecule has 3 rings (SSSR count). The zero-order valence-electron chi connectivity index (χ0n) is 17.0. The van der Waals surface area contributed by atoms with E-state index in [1.807, 2.05) is 56.6 Å². The van der Waals surface area contributed by atoms with Crippen LogP contribution >= 0.6 is 0 Å². The molecule has 0 spiro atoms. The van der Waals surface area contributed by atoms with Gasteiger partial charge in [0.2, 0.25) is 5.91 Å². The number of carbonyl (C=O) groups excluding carboxylic acids is 1. The number of anilines is 1. The van der Waals surface area contributed by atoms with Gasteiger partial charge in [-0.3, -0.25) is 14.1 Å². The van der Waals surface area contributed by atoms with E-state index in [0.717, 1.165) is 35.2 Å². The average Bonchev–Trinajstić information content (AvgIpc) is 3.26. The predicted octanol–water partition coefficient (Wildman–Crippen LogP) is 4.92. The quantitative estimate of drug-likeness (QED) is 0.651. The highest BCUT2D eigenvalue weighted by molar-refractivity contribution is 5.93. The fourth-order valence-corrected chi connectivity index (χ4v) is 3.87. The number of allylic oxidation sites excluding steroid dienone is 1. The molecule has 0 aliphatic heterocycles. The molecule has 0 aromatic carbocycles. The minimum absolute atomic E-state index is 0.155. The maximum Gasteiger partial charge on any atom is 0.227 e. The number of amides is 1. The Hall–Kier alpha value is -2.30. The smallest absolute Gasteiger partial charge is 0.227 e. The Balaban J connectivity index is 1.78. The first-order valence-electron chi connectivity index (χ1n) is 9.97. The van der Waals surface area contributed by atoms with Gasteiger partial charge in [-0.15, -0.1) is 0 Å². The zero-order valence-corrected chi connectivity index (χ0v) is 17.0. The molecule has 2 aromatic heterocycles. The van der Waals surface area contributed by atoms with Crippen molar-refractivity contribution in [2.24, 2.45) is 5.92 Å². The number of aromatic nitrogens is 2. The van der Waals surface area contributed by atoms with Crippen LogP contribution in [0.3, 0.4) is 0 Å². The minimum Gasteiger partial charge on any atom is -0.486 e. The molecule has 1 aliphatic rings. The standard InChI is InChI=1S/C22H31N3O2/c1-16(2)13-15-27-19-10-7-14-25-21(19)23-17(3)22(25)24(4)20(26)12-11-18-8-5-6-9-18/h7,10,13-14,18H,5-6,8-9,11-12,15H2,1-4H3. The van der Waals surface area contributed by atoms with Crippen molar-refractivity contribution in [3.05, 3.63) is 35.7 Å². The first-order chi connectivity index (χ1) is 13.0. The van der Waals surface area contributed by atoms with Crippen LogP contribution in [0.25, 0.3) is 5.65 Å². The van der Waals surface area contributed by atoms with Gasteiger partial charge >= 0.3 is 0 Å². The van der Waals surface area contributed by atoms with Crippen LogP contribution in [0.1, 0.15) is 58.1 Å². The van der Waals surface area contributed by atoms with Gasteiger partial charge in [-0.05, 0) is 51.3 Å². The number of carbonyl (C=O) groups is 1. The van der Waals surface area contributed by atoms with Gasteiger partial charge in [0.15, 0.2) is 11.4 Å². The number of aryl methyl sites for hydroxylation is 1. The van der Waals surface area contributed by atoms with E-state index in [2.05, 4.69) is 4.98 Å². The fraction of sp³-hybridized carbons (Fsp3) is 0.545. The van der Waals surface area contributed by atoms with Crippen molar-refractivity contribution in [3.8, 4) is 5.75 Å². The second-order valence-electron chi connectivity index (χ2n) is 7.82. The summed E-state index contributed by atoms with van der Waals surface area (Å²) in [6.07, 6.45) is 10.8. The molecular formula is C22H31N3O2. The molecule has 0 N–H and O–H groups in total. The molecule has 0 saturated heterocycles. The third kappa shape index (κ3) is 4.52. The topological polar surface area (TPSA) is 46.8 Å². The van der Waals surface area contributed by atoms with E-state index in [4.69, 9.17) is 4.74 Å². The highest BCUT2D eigenvalue weighted by Crippen LogP contribution is 2.30. The van der Waals surface area contributed by atoms with Crippen LogP contribution in [0.4, 0.5) is 5.82 Å². The monoisotopic (exact) mass is 369 g/mol. The molecule has 0 bridgehead atoms. The Bertz CT molecular complexity index is 827. The lowest BCUT2D eigenvalue weighted by atomic mass is 10.0. The second-order valence-corrected chi connectivity index (χ2v) is 7.82. The lowest BCUT2D eigenvalue weighted by molar-refractivity contribution is -0.118. The van der Waals surface area contributed by atoms with Gasteiger partial charge in [-0.1, -0.05) is 31.3 Å². The first-order valence-corrected chi connectivity index (χ1v) is 9.97. The summed E-state index contributed by atoms with van der Waals surface area (Å²) in [7, 11) is 1.85. The summed E-state index contributed by atoms with van der Waals surface area (Å²) in [5, 5.41) is 0. The van der Waals surface area contributed by atoms with Gasteiger partial charge in [0.1, 0.15) is 12.4 Å². The van der Waals surface area contributed by atoms with E-state index in [0.29, 0.717) is 13.0 Å². The van der Waals surface area contributed by atoms with Crippen LogP contribution in [0.2, 0.25) is 0 Å². The number of ether oxygens (including phenoxy) is 1. The van der Waals surface area contributed by atoms with Crippen LogP contribution in [-0.4, -0.2) is 28.9 Å². The Morgan fingerprint density at radius 3 is 2.81 bits per heavy atom. The number of imidazole rings is 1. The van der Waals surface area contributed by atoms with Crippen LogP contribution in [-0.2, 0) is 4.79 Å². The Labute approximate surface area is 162 Å². The SMILES string of the molecule is CC(C)=CCOc1cccn2c(N(C)C(=O)CCC3CCCC3)c(C)nc12. The van der Waals surface area contributed by atoms with Crippen molar-refractivity contribution in [3.63, 3.8) is 0 Å². The molecule has 27 heavy (non-hydrogen) atoms. The van der Waals surface area contributed by atoms with Crippen LogP contribution < -0.4 is 9.64 Å². The molecule has 1 amide bonds. The normalized spacial score (nSPS) is 14.5. The van der Waals surface area contributed by atoms with Crippen LogP contribution in [0.15, 0.2) is 30.0 Å². The average molecular weight is 370 g/mol. The minimum atomic E-state index is 0.155. The number of pyridine rings is 1. The lowest BCUT2D eigenvalue weighted by Gasteiger charge is -2.19. The van der Waals surface area contributed by atoms with Crippen molar-refractivity contribution >= 4 is 17.4 Å². The highest BCUT2D eigenvalue weighted by atomic mass is 16.5. The van der Waals surface area contributed by atoms with E-state index < -0.39 is 0 Å². The van der Waals surface area contributed by atoms with Gasteiger partial charge in [0.05, 0.1) is 5.69 Å². The molecule has 0 radical (unpaired) electrons. The van der Waals surface area contributed by atoms with E-state index in [9.17, 15) is 4.79 Å². The van der Waals surface area contributed by atoms with E-state index in [1.165, 1.54) is 31.3 Å². The Morgan fingerprint density at radius 1 is 1.37 bits per heavy atom. The molecule has 5 nitrogen and oxygen atoms in total. The third-order valence-corrected chi connectivity index (χ3v) is 5.42. The summed E-state index contributed by atoms with van der Waals surface area (Å²) in [5.41, 5.74) is 2.81. The third-order valence-electron chi connectivity index (χ3n) is 5.42. The van der Waals surface area contributed by atoms with E-state index in [-0.39, 0.29) is 5.91 Å². The van der Waals surface area contributed by atoms with Crippen molar-refractivity contribution in [2.75, 3.05) is 18.6 Å². The fourth-order valence-electron chi connectivity index (χ4n) is 3.87. The molecule has 0 atom stereocenters. The molecule has 1 fully saturated rings. The summed E-state index contributed by atoms with van der Waals surface area (Å²) in [4.78, 5) is 19.2. The molecule has 5 heteroatoms. The Morgan fingerprint density at radius 2 is 2.11 bits per heavy atom. The van der Waals surface area contributed by atoms with Gasteiger partial charge in [-0.25, -0.2) is 4.98 Å². The number of fused-ring (bicyclic) bond motifs is 1. The largest absolute Gasteiger partial charge is 0.486 e. The highest BCUT2D eigenvalue weighted by Gasteiger charge is 2.22. The lowest BCUT2D eigenvalue weighted by Crippen LogP contribution is -2.28. The number of hydrogen-bond donors (Lipinski definition) is 0. The van der Waals surface area contributed by atoms with Crippen LogP contribution in [0.5, 0.6) is 5.75 Å². The molecule has 0 unspecified atom stereocenters. The summed E-state index contributed by atoms with van der Waals surface area (Å²) >= 11 is 0. The molecule has 2 aromatic rings. The van der Waals surface area contributed by atoms with Gasteiger partial charge in [-0.2, -0.15) is 0 Å². The van der Waals surface area contributed by atoms with E-state index >= 15 is 0 Å². The number of rotatable bonds is 7. The Kier molecular flexibility index (Phi) is 6.19. The maximum atomic E-state index is 12.8. The van der Waals surface area contributed by atoms with Crippen molar-refractivity contribution in [1.29, 1.82) is 0 Å². The second kappa shape index (κ2) is 8.59. The maximum absolute atomic E-state index is 12.8. The van der Waals surface area contributed by atoms with Gasteiger partial charge in [0, 0.05) is 19.7 Å². The summed E-state index contributed by atoms with van der Waals surface area (Å²) in [6.45, 7) is 6.56. The van der Waals surface area contributed by atoms with Crippen LogP contribution in [0, 0.1) is 12.8 Å². The summed E-state index contributed by atoms with van der Waals surface area (Å²) in [5.74, 6) is 2.44. The number of nitrogens with zero attached hydrogens (tertiary/aromatic N) is 3. The molecule has 1 saturated carbocycles. The molecule has 146 valence electrons. The van der Waals surface area contributed by atoms with Crippen molar-refractivity contribution in [2.45, 2.75) is 59.3 Å². The predicted molar refractivity (Wildman–Crippen MR) is 109 cm³/mol. The summed E-state index contributed by atoms with van der Waals surface area (Å²) in [6, 6.07) is 3.86. The summed E-state index contributed by atoms with van der Waals surface area (Å²) < 4.78 is 7.85. The molecule has 1 aliphatic carbocycles. The first kappa shape index (κ1) is 19.5. The molecular weight excluding hydrogens is 338 g/mol. The van der Waals surface area contributed by atoms with Crippen molar-refractivity contribution < 1.29 is 9.53 Å². The van der Waals surface area contributed by atoms with Crippen molar-refractivity contribution in [1.82, 2.24) is 9.38 Å². The van der Waals surface area contributed by atoms with E-state index in [1.54, 1.807) is 4.90 Å². The van der Waals surface area contributed by atoms with Gasteiger partial charge < -0.3 is 4.74 Å².